The van der Waals surface area contributed by atoms with E-state index in [1.54, 1.807) is 0 Å². The number of ketones is 1. The summed E-state index contributed by atoms with van der Waals surface area (Å²) in [6.07, 6.45) is 5.43. The zero-order chi connectivity index (χ0) is 11.8. The molecule has 1 aliphatic rings. The zero-order valence-electron chi connectivity index (χ0n) is 9.50. The third-order valence-electron chi connectivity index (χ3n) is 3.68. The molecule has 1 saturated carbocycles. The second-order valence-electron chi connectivity index (χ2n) is 4.72. The minimum absolute atomic E-state index is 0.402. The number of aromatic nitrogens is 1. The van der Waals surface area contributed by atoms with Crippen LogP contribution >= 0.6 is 11.6 Å². The van der Waals surface area contributed by atoms with E-state index in [-0.39, 0.29) is 0 Å². The lowest BCUT2D eigenvalue weighted by Gasteiger charge is -2.20. The summed E-state index contributed by atoms with van der Waals surface area (Å²) in [5.74, 6) is 0.902. The van der Waals surface area contributed by atoms with Gasteiger partial charge in [-0.3, -0.25) is 4.79 Å². The first-order valence-electron chi connectivity index (χ1n) is 6.03. The number of carbonyl (C=O) groups is 1. The van der Waals surface area contributed by atoms with E-state index in [1.165, 1.54) is 10.9 Å². The van der Waals surface area contributed by atoms with Crippen LogP contribution in [-0.4, -0.2) is 10.8 Å². The molecule has 1 fully saturated rings. The van der Waals surface area contributed by atoms with Crippen LogP contribution in [0.3, 0.4) is 0 Å². The van der Waals surface area contributed by atoms with Gasteiger partial charge in [-0.1, -0.05) is 23.7 Å². The van der Waals surface area contributed by atoms with Crippen LogP contribution in [0.25, 0.3) is 10.9 Å². The van der Waals surface area contributed by atoms with Gasteiger partial charge in [0.1, 0.15) is 5.78 Å². The van der Waals surface area contributed by atoms with Crippen LogP contribution in [0.15, 0.2) is 24.4 Å². The maximum Gasteiger partial charge on any atom is 0.132 e. The first-order chi connectivity index (χ1) is 8.25. The van der Waals surface area contributed by atoms with Crippen molar-refractivity contribution in [3.63, 3.8) is 0 Å². The summed E-state index contributed by atoms with van der Waals surface area (Å²) in [5, 5.41) is 1.97. The number of H-pyrrole nitrogens is 1. The lowest BCUT2D eigenvalue weighted by molar-refractivity contribution is -0.120. The van der Waals surface area contributed by atoms with Crippen molar-refractivity contribution in [2.75, 3.05) is 0 Å². The fraction of sp³-hybridized carbons (Fsp3) is 0.357. The fourth-order valence-electron chi connectivity index (χ4n) is 2.73. The molecule has 1 aliphatic carbocycles. The first kappa shape index (κ1) is 10.8. The van der Waals surface area contributed by atoms with Crippen LogP contribution in [-0.2, 0) is 4.79 Å². The number of fused-ring (bicyclic) bond motifs is 1. The van der Waals surface area contributed by atoms with E-state index in [0.29, 0.717) is 11.7 Å². The molecule has 0 bridgehead atoms. The Bertz CT molecular complexity index is 563. The molecule has 0 saturated heterocycles. The van der Waals surface area contributed by atoms with Gasteiger partial charge in [0.15, 0.2) is 0 Å². The fourth-order valence-corrected chi connectivity index (χ4v) is 2.96. The van der Waals surface area contributed by atoms with Crippen LogP contribution in [0.5, 0.6) is 0 Å². The van der Waals surface area contributed by atoms with E-state index in [1.807, 2.05) is 12.1 Å². The molecular weight excluding hydrogens is 234 g/mol. The number of rotatable bonds is 1. The molecule has 2 aromatic rings. The molecule has 0 aliphatic heterocycles. The predicted octanol–water partition coefficient (Wildman–Crippen LogP) is 4.05. The Morgan fingerprint density at radius 3 is 2.76 bits per heavy atom. The monoisotopic (exact) mass is 247 g/mol. The number of aromatic amines is 1. The number of halogens is 1. The van der Waals surface area contributed by atoms with E-state index < -0.39 is 0 Å². The van der Waals surface area contributed by atoms with Crippen LogP contribution < -0.4 is 0 Å². The van der Waals surface area contributed by atoms with Gasteiger partial charge in [-0.25, -0.2) is 0 Å². The molecule has 1 aromatic heterocycles. The van der Waals surface area contributed by atoms with Crippen molar-refractivity contribution in [1.29, 1.82) is 0 Å². The van der Waals surface area contributed by atoms with Gasteiger partial charge in [-0.05, 0) is 30.4 Å². The molecule has 3 rings (SSSR count). The molecule has 88 valence electrons. The average Bonchev–Trinajstić information content (AvgIpc) is 2.75. The molecule has 0 unspecified atom stereocenters. The number of Topliss-reactive ketones (excluding diaryl/α,β-unsaturated/α-hetero) is 1. The highest BCUT2D eigenvalue weighted by Gasteiger charge is 2.22. The Morgan fingerprint density at radius 1 is 1.24 bits per heavy atom. The second kappa shape index (κ2) is 4.19. The van der Waals surface area contributed by atoms with Crippen molar-refractivity contribution in [1.82, 2.24) is 4.98 Å². The SMILES string of the molecule is O=C1CCC(c2c[nH]c3c(Cl)cccc23)CC1. The number of hydrogen-bond acceptors (Lipinski definition) is 1. The van der Waals surface area contributed by atoms with Gasteiger partial charge in [0.25, 0.3) is 0 Å². The molecule has 0 atom stereocenters. The van der Waals surface area contributed by atoms with Crippen LogP contribution in [0.4, 0.5) is 0 Å². The summed E-state index contributed by atoms with van der Waals surface area (Å²) in [5.41, 5.74) is 2.33. The maximum absolute atomic E-state index is 11.3. The van der Waals surface area contributed by atoms with Gasteiger partial charge in [0.05, 0.1) is 10.5 Å². The lowest BCUT2D eigenvalue weighted by Crippen LogP contribution is -2.11. The van der Waals surface area contributed by atoms with E-state index in [4.69, 9.17) is 11.6 Å². The quantitative estimate of drug-likeness (QED) is 0.810. The van der Waals surface area contributed by atoms with Crippen molar-refractivity contribution in [2.45, 2.75) is 31.6 Å². The first-order valence-corrected chi connectivity index (χ1v) is 6.40. The van der Waals surface area contributed by atoms with Crippen molar-refractivity contribution in [3.05, 3.63) is 35.0 Å². The topological polar surface area (TPSA) is 32.9 Å². The number of para-hydroxylation sites is 1. The van der Waals surface area contributed by atoms with Gasteiger partial charge in [-0.2, -0.15) is 0 Å². The van der Waals surface area contributed by atoms with E-state index in [0.717, 1.165) is 36.2 Å². The highest BCUT2D eigenvalue weighted by Crippen LogP contribution is 2.36. The van der Waals surface area contributed by atoms with Crippen molar-refractivity contribution in [3.8, 4) is 0 Å². The summed E-state index contributed by atoms with van der Waals surface area (Å²) in [4.78, 5) is 14.5. The molecule has 0 amide bonds. The molecule has 0 radical (unpaired) electrons. The van der Waals surface area contributed by atoms with Crippen LogP contribution in [0.2, 0.25) is 5.02 Å². The molecular formula is C14H14ClNO. The minimum atomic E-state index is 0.402. The molecule has 1 aromatic carbocycles. The molecule has 0 spiro atoms. The molecule has 2 nitrogen and oxygen atoms in total. The summed E-state index contributed by atoms with van der Waals surface area (Å²) in [6, 6.07) is 5.98. The van der Waals surface area contributed by atoms with Gasteiger partial charge in [-0.15, -0.1) is 0 Å². The van der Waals surface area contributed by atoms with Gasteiger partial charge in [0, 0.05) is 24.4 Å². The summed E-state index contributed by atoms with van der Waals surface area (Å²) in [6.45, 7) is 0. The third-order valence-corrected chi connectivity index (χ3v) is 3.99. The number of nitrogens with one attached hydrogen (secondary N) is 1. The molecule has 1 N–H and O–H groups in total. The Morgan fingerprint density at radius 2 is 2.00 bits per heavy atom. The predicted molar refractivity (Wildman–Crippen MR) is 69.5 cm³/mol. The van der Waals surface area contributed by atoms with E-state index >= 15 is 0 Å². The van der Waals surface area contributed by atoms with Crippen LogP contribution in [0, 0.1) is 0 Å². The normalized spacial score (nSPS) is 17.8. The summed E-state index contributed by atoms with van der Waals surface area (Å²) in [7, 11) is 0. The number of hydrogen-bond donors (Lipinski definition) is 1. The summed E-state index contributed by atoms with van der Waals surface area (Å²) >= 11 is 6.15. The minimum Gasteiger partial charge on any atom is -0.360 e. The standard InChI is InChI=1S/C14H14ClNO/c15-13-3-1-2-11-12(8-16-14(11)13)9-4-6-10(17)7-5-9/h1-3,8-9,16H,4-7H2. The van der Waals surface area contributed by atoms with Gasteiger partial charge < -0.3 is 4.98 Å². The Hall–Kier alpha value is -1.28. The van der Waals surface area contributed by atoms with E-state index in [9.17, 15) is 4.79 Å². The van der Waals surface area contributed by atoms with E-state index in [2.05, 4.69) is 17.2 Å². The smallest absolute Gasteiger partial charge is 0.132 e. The second-order valence-corrected chi connectivity index (χ2v) is 5.13. The highest BCUT2D eigenvalue weighted by molar-refractivity contribution is 6.35. The Labute approximate surface area is 105 Å². The van der Waals surface area contributed by atoms with Gasteiger partial charge >= 0.3 is 0 Å². The molecule has 1 heterocycles. The number of carbonyl (C=O) groups excluding carboxylic acids is 1. The molecule has 17 heavy (non-hydrogen) atoms. The summed E-state index contributed by atoms with van der Waals surface area (Å²) < 4.78 is 0. The highest BCUT2D eigenvalue weighted by atomic mass is 35.5. The molecule has 3 heteroatoms. The zero-order valence-corrected chi connectivity index (χ0v) is 10.3. The Balaban J connectivity index is 2.01. The third kappa shape index (κ3) is 1.87. The lowest BCUT2D eigenvalue weighted by atomic mass is 9.83. The number of benzene rings is 1. The average molecular weight is 248 g/mol. The Kier molecular flexibility index (Phi) is 2.67. The van der Waals surface area contributed by atoms with Gasteiger partial charge in [0.2, 0.25) is 0 Å². The van der Waals surface area contributed by atoms with Crippen molar-refractivity contribution in [2.24, 2.45) is 0 Å². The van der Waals surface area contributed by atoms with Crippen LogP contribution in [0.1, 0.15) is 37.2 Å². The maximum atomic E-state index is 11.3. The van der Waals surface area contributed by atoms with Crippen molar-refractivity contribution >= 4 is 28.3 Å². The largest absolute Gasteiger partial charge is 0.360 e. The van der Waals surface area contributed by atoms with Crippen molar-refractivity contribution < 1.29 is 4.79 Å².